The Morgan fingerprint density at radius 1 is 1.35 bits per heavy atom. The Kier molecular flexibility index (Phi) is 5.70. The van der Waals surface area contributed by atoms with E-state index in [2.05, 4.69) is 10.1 Å². The van der Waals surface area contributed by atoms with Gasteiger partial charge in [-0.25, -0.2) is 9.18 Å². The molecule has 1 aliphatic heterocycles. The zero-order valence-corrected chi connectivity index (χ0v) is 15.0. The molecule has 2 heterocycles. The average molecular weight is 362 g/mol. The summed E-state index contributed by atoms with van der Waals surface area (Å²) in [6.07, 6.45) is 3.28. The second kappa shape index (κ2) is 8.16. The molecule has 1 saturated heterocycles. The van der Waals surface area contributed by atoms with Crippen LogP contribution >= 0.6 is 0 Å². The van der Waals surface area contributed by atoms with Crippen LogP contribution in [0.1, 0.15) is 37.0 Å². The lowest BCUT2D eigenvalue weighted by Gasteiger charge is -2.35. The first-order valence-corrected chi connectivity index (χ1v) is 8.73. The second-order valence-electron chi connectivity index (χ2n) is 6.48. The topological polar surface area (TPSA) is 71.7 Å². The molecule has 0 spiro atoms. The summed E-state index contributed by atoms with van der Waals surface area (Å²) in [5, 5.41) is 4.00. The molecule has 1 unspecified atom stereocenters. The fourth-order valence-corrected chi connectivity index (χ4v) is 2.97. The summed E-state index contributed by atoms with van der Waals surface area (Å²) >= 11 is 0. The zero-order valence-electron chi connectivity index (χ0n) is 15.0. The van der Waals surface area contributed by atoms with E-state index in [0.717, 1.165) is 19.3 Å². The predicted molar refractivity (Wildman–Crippen MR) is 92.3 cm³/mol. The van der Waals surface area contributed by atoms with Gasteiger partial charge in [-0.15, -0.1) is 0 Å². The highest BCUT2D eigenvalue weighted by molar-refractivity contribution is 5.74. The van der Waals surface area contributed by atoms with E-state index >= 15 is 0 Å². The number of halogens is 1. The van der Waals surface area contributed by atoms with E-state index < -0.39 is 0 Å². The van der Waals surface area contributed by atoms with Crippen molar-refractivity contribution in [2.24, 2.45) is 0 Å². The fraction of sp³-hybridized carbons (Fsp3) is 0.500. The maximum Gasteiger partial charge on any atom is 0.320 e. The van der Waals surface area contributed by atoms with Gasteiger partial charge >= 0.3 is 6.03 Å². The Bertz CT molecular complexity index is 732. The Morgan fingerprint density at radius 3 is 2.85 bits per heavy atom. The number of carbonyl (C=O) groups is 1. The van der Waals surface area contributed by atoms with Gasteiger partial charge in [-0.2, -0.15) is 4.98 Å². The molecule has 0 N–H and O–H groups in total. The minimum Gasteiger partial charge on any atom is -0.493 e. The number of hydrogen-bond acceptors (Lipinski definition) is 5. The molecule has 0 radical (unpaired) electrons. The number of amides is 2. The number of likely N-dealkylation sites (tertiary alicyclic amines) is 1. The van der Waals surface area contributed by atoms with Crippen LogP contribution in [0.25, 0.3) is 0 Å². The van der Waals surface area contributed by atoms with Gasteiger partial charge in [0.25, 0.3) is 0 Å². The summed E-state index contributed by atoms with van der Waals surface area (Å²) in [7, 11) is 3.47. The van der Waals surface area contributed by atoms with Crippen LogP contribution in [0.4, 0.5) is 9.18 Å². The van der Waals surface area contributed by atoms with Crippen molar-refractivity contribution >= 4 is 6.03 Å². The molecule has 26 heavy (non-hydrogen) atoms. The number of aromatic nitrogens is 2. The number of ether oxygens (including phenoxy) is 1. The van der Waals surface area contributed by atoms with Gasteiger partial charge in [-0.3, -0.25) is 0 Å². The van der Waals surface area contributed by atoms with Gasteiger partial charge in [0.15, 0.2) is 5.82 Å². The van der Waals surface area contributed by atoms with E-state index in [9.17, 15) is 9.18 Å². The van der Waals surface area contributed by atoms with Crippen LogP contribution in [-0.4, -0.2) is 53.2 Å². The summed E-state index contributed by atoms with van der Waals surface area (Å²) in [6, 6.07) is 5.61. The Balaban J connectivity index is 1.59. The van der Waals surface area contributed by atoms with Crippen molar-refractivity contribution in [3.05, 3.63) is 41.8 Å². The Morgan fingerprint density at radius 2 is 2.12 bits per heavy atom. The Hall–Kier alpha value is -2.64. The van der Waals surface area contributed by atoms with Crippen LogP contribution in [0.3, 0.4) is 0 Å². The first-order chi connectivity index (χ1) is 12.5. The minimum absolute atomic E-state index is 0.0471. The number of piperidine rings is 1. The second-order valence-corrected chi connectivity index (χ2v) is 6.48. The number of hydrogen-bond donors (Lipinski definition) is 0. The number of nitrogens with zero attached hydrogens (tertiary/aromatic N) is 4. The molecule has 0 bridgehead atoms. The summed E-state index contributed by atoms with van der Waals surface area (Å²) in [4.78, 5) is 20.1. The number of carbonyl (C=O) groups excluding carboxylic acids is 1. The van der Waals surface area contributed by atoms with Crippen molar-refractivity contribution in [1.82, 2.24) is 19.9 Å². The van der Waals surface area contributed by atoms with Crippen molar-refractivity contribution < 1.29 is 18.4 Å². The van der Waals surface area contributed by atoms with E-state index in [1.807, 2.05) is 0 Å². The third-order valence-electron chi connectivity index (χ3n) is 4.31. The molecule has 1 atom stereocenters. The molecular weight excluding hydrogens is 339 g/mol. The van der Waals surface area contributed by atoms with Crippen molar-refractivity contribution in [3.63, 3.8) is 0 Å². The largest absolute Gasteiger partial charge is 0.493 e. The molecule has 0 aliphatic carbocycles. The highest BCUT2D eigenvalue weighted by Crippen LogP contribution is 2.30. The van der Waals surface area contributed by atoms with Gasteiger partial charge in [0, 0.05) is 27.1 Å². The molecular formula is C18H23FN4O3. The molecule has 8 heteroatoms. The van der Waals surface area contributed by atoms with Crippen LogP contribution in [0.2, 0.25) is 0 Å². The molecule has 2 amide bonds. The number of rotatable bonds is 5. The van der Waals surface area contributed by atoms with Gasteiger partial charge in [0.2, 0.25) is 5.89 Å². The standard InChI is InChI=1S/C18H23FN4O3/c1-22(2)18(24)23-11-4-3-5-15(23)17-20-16(21-26-17)10-12-25-14-8-6-13(19)7-9-14/h6-9,15H,3-5,10-12H2,1-2H3. The highest BCUT2D eigenvalue weighted by atomic mass is 19.1. The SMILES string of the molecule is CN(C)C(=O)N1CCCCC1c1nc(CCOc2ccc(F)cc2)no1. The fourth-order valence-electron chi connectivity index (χ4n) is 2.97. The van der Waals surface area contributed by atoms with Gasteiger partial charge in [0.05, 0.1) is 6.61 Å². The molecule has 7 nitrogen and oxygen atoms in total. The third kappa shape index (κ3) is 4.30. The number of urea groups is 1. The first kappa shape index (κ1) is 18.2. The van der Waals surface area contributed by atoms with Gasteiger partial charge < -0.3 is 19.1 Å². The van der Waals surface area contributed by atoms with E-state index in [1.54, 1.807) is 36.0 Å². The van der Waals surface area contributed by atoms with Crippen LogP contribution < -0.4 is 4.74 Å². The van der Waals surface area contributed by atoms with Crippen molar-refractivity contribution in [1.29, 1.82) is 0 Å². The normalized spacial score (nSPS) is 17.2. The molecule has 2 aromatic rings. The van der Waals surface area contributed by atoms with Crippen LogP contribution in [0.5, 0.6) is 5.75 Å². The van der Waals surface area contributed by atoms with Gasteiger partial charge in [-0.1, -0.05) is 5.16 Å². The number of benzene rings is 1. The monoisotopic (exact) mass is 362 g/mol. The molecule has 0 saturated carbocycles. The maximum atomic E-state index is 12.9. The lowest BCUT2D eigenvalue weighted by molar-refractivity contribution is 0.113. The summed E-state index contributed by atoms with van der Waals surface area (Å²) < 4.78 is 23.8. The smallest absolute Gasteiger partial charge is 0.320 e. The van der Waals surface area contributed by atoms with Crippen molar-refractivity contribution in [2.45, 2.75) is 31.7 Å². The van der Waals surface area contributed by atoms with E-state index in [1.165, 1.54) is 12.1 Å². The Labute approximate surface area is 151 Å². The van der Waals surface area contributed by atoms with Gasteiger partial charge in [-0.05, 0) is 43.5 Å². The molecule has 1 aromatic heterocycles. The van der Waals surface area contributed by atoms with Crippen LogP contribution in [-0.2, 0) is 6.42 Å². The summed E-state index contributed by atoms with van der Waals surface area (Å²) in [5.74, 6) is 1.29. The zero-order chi connectivity index (χ0) is 18.5. The first-order valence-electron chi connectivity index (χ1n) is 8.73. The van der Waals surface area contributed by atoms with Crippen molar-refractivity contribution in [3.8, 4) is 5.75 Å². The predicted octanol–water partition coefficient (Wildman–Crippen LogP) is 3.04. The molecule has 3 rings (SSSR count). The third-order valence-corrected chi connectivity index (χ3v) is 4.31. The highest BCUT2D eigenvalue weighted by Gasteiger charge is 2.32. The van der Waals surface area contributed by atoms with Gasteiger partial charge in [0.1, 0.15) is 17.6 Å². The summed E-state index contributed by atoms with van der Waals surface area (Å²) in [6.45, 7) is 1.04. The van der Waals surface area contributed by atoms with Crippen LogP contribution in [0.15, 0.2) is 28.8 Å². The van der Waals surface area contributed by atoms with E-state index in [-0.39, 0.29) is 17.9 Å². The summed E-state index contributed by atoms with van der Waals surface area (Å²) in [5.41, 5.74) is 0. The molecule has 1 fully saturated rings. The minimum atomic E-state index is -0.301. The molecule has 1 aromatic carbocycles. The molecule has 140 valence electrons. The average Bonchev–Trinajstić information content (AvgIpc) is 3.11. The quantitative estimate of drug-likeness (QED) is 0.817. The van der Waals surface area contributed by atoms with E-state index in [4.69, 9.17) is 9.26 Å². The van der Waals surface area contributed by atoms with Crippen LogP contribution in [0, 0.1) is 5.82 Å². The molecule has 1 aliphatic rings. The lowest BCUT2D eigenvalue weighted by atomic mass is 10.0. The lowest BCUT2D eigenvalue weighted by Crippen LogP contribution is -2.44. The van der Waals surface area contributed by atoms with E-state index in [0.29, 0.717) is 37.0 Å². The maximum absolute atomic E-state index is 12.9. The van der Waals surface area contributed by atoms with Crippen molar-refractivity contribution in [2.75, 3.05) is 27.2 Å².